The van der Waals surface area contributed by atoms with Gasteiger partial charge in [-0.3, -0.25) is 4.79 Å². The van der Waals surface area contributed by atoms with E-state index in [4.69, 9.17) is 4.74 Å². The molecule has 0 bridgehead atoms. The van der Waals surface area contributed by atoms with E-state index in [9.17, 15) is 9.18 Å². The lowest BCUT2D eigenvalue weighted by atomic mass is 9.67. The standard InChI is InChI=1S/C36H49FN8O2/c1-25(2)45(26(3)4)35(46)31-17-28(37)5-6-32(31)47-33-20-40-24-41-34(33)44-14-9-27(22-44)21-43-15-12-36(13-16-43)10-7-29(8-11-36)42-30-18-38-23-39-19-30/h5-6,17-20,23-27,29,42H,7-16,21-22H2,1-4H3/t27-/m0/s1. The number of benzene rings is 1. The van der Waals surface area contributed by atoms with Gasteiger partial charge in [0.05, 0.1) is 29.8 Å². The first-order chi connectivity index (χ1) is 22.7. The molecule has 4 heterocycles. The summed E-state index contributed by atoms with van der Waals surface area (Å²) < 4.78 is 20.7. The van der Waals surface area contributed by atoms with Crippen molar-refractivity contribution in [2.75, 3.05) is 42.9 Å². The summed E-state index contributed by atoms with van der Waals surface area (Å²) in [6, 6.07) is 4.52. The van der Waals surface area contributed by atoms with Crippen LogP contribution in [-0.2, 0) is 0 Å². The van der Waals surface area contributed by atoms with Crippen molar-refractivity contribution in [2.45, 2.75) is 90.8 Å². The number of anilines is 2. The maximum Gasteiger partial charge on any atom is 0.258 e. The Morgan fingerprint density at radius 2 is 1.66 bits per heavy atom. The predicted octanol–water partition coefficient (Wildman–Crippen LogP) is 6.42. The summed E-state index contributed by atoms with van der Waals surface area (Å²) in [6.07, 6.45) is 17.1. The lowest BCUT2D eigenvalue weighted by Crippen LogP contribution is -2.45. The van der Waals surface area contributed by atoms with E-state index in [1.54, 1.807) is 17.4 Å². The molecule has 2 saturated heterocycles. The topological polar surface area (TPSA) is 99.6 Å². The van der Waals surface area contributed by atoms with Gasteiger partial charge < -0.3 is 24.8 Å². The van der Waals surface area contributed by atoms with Gasteiger partial charge in [-0.25, -0.2) is 24.3 Å². The first-order valence-electron chi connectivity index (χ1n) is 17.3. The largest absolute Gasteiger partial charge is 0.451 e. The third kappa shape index (κ3) is 7.83. The molecular weight excluding hydrogens is 595 g/mol. The minimum atomic E-state index is -0.480. The molecule has 1 atom stereocenters. The molecule has 2 aromatic heterocycles. The molecule has 47 heavy (non-hydrogen) atoms. The number of nitrogens with zero attached hydrogens (tertiary/aromatic N) is 7. The van der Waals surface area contributed by atoms with Crippen LogP contribution in [0.2, 0.25) is 0 Å². The molecule has 6 rings (SSSR count). The summed E-state index contributed by atoms with van der Waals surface area (Å²) in [5.41, 5.74) is 1.70. The van der Waals surface area contributed by atoms with E-state index in [0.29, 0.717) is 34.7 Å². The fourth-order valence-corrected chi connectivity index (χ4v) is 7.93. The molecule has 10 nitrogen and oxygen atoms in total. The Morgan fingerprint density at radius 3 is 2.36 bits per heavy atom. The van der Waals surface area contributed by atoms with Crippen LogP contribution in [0.3, 0.4) is 0 Å². The fourth-order valence-electron chi connectivity index (χ4n) is 7.93. The summed E-state index contributed by atoms with van der Waals surface area (Å²) >= 11 is 0. The van der Waals surface area contributed by atoms with Gasteiger partial charge in [0.2, 0.25) is 0 Å². The molecule has 11 heteroatoms. The number of amides is 1. The average Bonchev–Trinajstić information content (AvgIpc) is 3.53. The maximum atomic E-state index is 14.4. The van der Waals surface area contributed by atoms with Crippen molar-refractivity contribution in [3.63, 3.8) is 0 Å². The van der Waals surface area contributed by atoms with E-state index >= 15 is 0 Å². The van der Waals surface area contributed by atoms with Crippen molar-refractivity contribution in [2.24, 2.45) is 11.3 Å². The third-order valence-corrected chi connectivity index (χ3v) is 10.4. The molecule has 0 radical (unpaired) electrons. The monoisotopic (exact) mass is 644 g/mol. The Balaban J connectivity index is 1.04. The first kappa shape index (κ1) is 33.1. The highest BCUT2D eigenvalue weighted by atomic mass is 19.1. The summed E-state index contributed by atoms with van der Waals surface area (Å²) in [7, 11) is 0. The molecule has 2 aliphatic heterocycles. The second-order valence-corrected chi connectivity index (χ2v) is 14.3. The molecule has 1 aliphatic carbocycles. The Labute approximate surface area is 278 Å². The van der Waals surface area contributed by atoms with Gasteiger partial charge in [0.1, 0.15) is 24.2 Å². The Morgan fingerprint density at radius 1 is 0.957 bits per heavy atom. The number of ether oxygens (including phenoxy) is 1. The molecule has 1 N–H and O–H groups in total. The van der Waals surface area contributed by atoms with Gasteiger partial charge in [-0.05, 0) is 115 Å². The van der Waals surface area contributed by atoms with Crippen molar-refractivity contribution in [1.82, 2.24) is 29.7 Å². The van der Waals surface area contributed by atoms with Gasteiger partial charge in [0, 0.05) is 37.8 Å². The molecule has 3 fully saturated rings. The molecule has 3 aliphatic rings. The van der Waals surface area contributed by atoms with Crippen molar-refractivity contribution >= 4 is 17.4 Å². The zero-order chi connectivity index (χ0) is 33.0. The highest BCUT2D eigenvalue weighted by molar-refractivity contribution is 5.97. The average molecular weight is 645 g/mol. The molecule has 1 amide bonds. The van der Waals surface area contributed by atoms with Crippen LogP contribution in [0, 0.1) is 17.2 Å². The van der Waals surface area contributed by atoms with Crippen molar-refractivity contribution in [3.05, 3.63) is 60.8 Å². The van der Waals surface area contributed by atoms with E-state index in [2.05, 4.69) is 35.1 Å². The third-order valence-electron chi connectivity index (χ3n) is 10.4. The van der Waals surface area contributed by atoms with Crippen LogP contribution in [0.15, 0.2) is 49.4 Å². The fraction of sp³-hybridized carbons (Fsp3) is 0.583. The SMILES string of the molecule is CC(C)N(C(=O)c1cc(F)ccc1Oc1cncnc1N1CC[C@@H](CN2CCC3(CCC(Nc4cncnc4)CC3)CC2)C1)C(C)C. The number of nitrogens with one attached hydrogen (secondary N) is 1. The number of hydrogen-bond donors (Lipinski definition) is 1. The molecule has 1 saturated carbocycles. The summed E-state index contributed by atoms with van der Waals surface area (Å²) in [6.45, 7) is 13.0. The zero-order valence-electron chi connectivity index (χ0n) is 28.2. The number of carbonyl (C=O) groups is 1. The highest BCUT2D eigenvalue weighted by Crippen LogP contribution is 2.45. The van der Waals surface area contributed by atoms with E-state index in [1.165, 1.54) is 63.1 Å². The molecule has 0 unspecified atom stereocenters. The van der Waals surface area contributed by atoms with Gasteiger partial charge in [-0.2, -0.15) is 0 Å². The zero-order valence-corrected chi connectivity index (χ0v) is 28.2. The second kappa shape index (κ2) is 14.5. The Bertz CT molecular complexity index is 1480. The van der Waals surface area contributed by atoms with Crippen molar-refractivity contribution in [3.8, 4) is 11.5 Å². The number of piperidine rings is 1. The number of rotatable bonds is 10. The molecule has 252 valence electrons. The number of likely N-dealkylation sites (tertiary alicyclic amines) is 1. The molecular formula is C36H49FN8O2. The van der Waals surface area contributed by atoms with Crippen LogP contribution in [0.25, 0.3) is 0 Å². The quantitative estimate of drug-likeness (QED) is 0.268. The number of carbonyl (C=O) groups excluding carboxylic acids is 1. The normalized spacial score (nSPS) is 20.2. The minimum Gasteiger partial charge on any atom is -0.451 e. The van der Waals surface area contributed by atoms with Gasteiger partial charge in [-0.15, -0.1) is 0 Å². The smallest absolute Gasteiger partial charge is 0.258 e. The number of aromatic nitrogens is 4. The van der Waals surface area contributed by atoms with Crippen LogP contribution < -0.4 is 15.0 Å². The van der Waals surface area contributed by atoms with Crippen LogP contribution in [0.1, 0.15) is 83.0 Å². The predicted molar refractivity (Wildman–Crippen MR) is 181 cm³/mol. The second-order valence-electron chi connectivity index (χ2n) is 14.3. The van der Waals surface area contributed by atoms with Gasteiger partial charge in [0.25, 0.3) is 5.91 Å². The van der Waals surface area contributed by atoms with Gasteiger partial charge in [-0.1, -0.05) is 0 Å². The number of hydrogen-bond acceptors (Lipinski definition) is 9. The van der Waals surface area contributed by atoms with E-state index in [-0.39, 0.29) is 23.6 Å². The Kier molecular flexibility index (Phi) is 10.2. The van der Waals surface area contributed by atoms with Crippen LogP contribution >= 0.6 is 0 Å². The maximum absolute atomic E-state index is 14.4. The van der Waals surface area contributed by atoms with E-state index in [0.717, 1.165) is 44.8 Å². The molecule has 3 aromatic rings. The van der Waals surface area contributed by atoms with Crippen molar-refractivity contribution in [1.29, 1.82) is 0 Å². The van der Waals surface area contributed by atoms with Gasteiger partial charge >= 0.3 is 0 Å². The Hall–Kier alpha value is -3.86. The minimum absolute atomic E-state index is 0.0469. The van der Waals surface area contributed by atoms with Crippen LogP contribution in [0.4, 0.5) is 15.9 Å². The highest BCUT2D eigenvalue weighted by Gasteiger charge is 2.39. The first-order valence-corrected chi connectivity index (χ1v) is 17.3. The molecule has 1 aromatic carbocycles. The summed E-state index contributed by atoms with van der Waals surface area (Å²) in [4.78, 5) is 37.3. The van der Waals surface area contributed by atoms with E-state index in [1.807, 2.05) is 40.1 Å². The van der Waals surface area contributed by atoms with Crippen LogP contribution in [0.5, 0.6) is 11.5 Å². The van der Waals surface area contributed by atoms with Crippen molar-refractivity contribution < 1.29 is 13.9 Å². The van der Waals surface area contributed by atoms with Crippen LogP contribution in [-0.4, -0.2) is 86.5 Å². The summed E-state index contributed by atoms with van der Waals surface area (Å²) in [5, 5.41) is 3.63. The lowest BCUT2D eigenvalue weighted by Gasteiger charge is -2.46. The van der Waals surface area contributed by atoms with Gasteiger partial charge in [0.15, 0.2) is 11.6 Å². The number of halogens is 1. The van der Waals surface area contributed by atoms with E-state index < -0.39 is 5.82 Å². The molecule has 1 spiro atoms. The summed E-state index contributed by atoms with van der Waals surface area (Å²) in [5.74, 6) is 1.27. The lowest BCUT2D eigenvalue weighted by molar-refractivity contribution is 0.0584.